The maximum Gasteiger partial charge on any atom is 0.225 e. The number of likely N-dealkylation sites (tertiary alicyclic amines) is 2. The molecule has 0 aliphatic carbocycles. The second kappa shape index (κ2) is 8.45. The van der Waals surface area contributed by atoms with Gasteiger partial charge in [-0.1, -0.05) is 12.8 Å². The molecule has 3 saturated heterocycles. The fourth-order valence-electron chi connectivity index (χ4n) is 4.39. The lowest BCUT2D eigenvalue weighted by molar-refractivity contribution is -0.137. The van der Waals surface area contributed by atoms with Gasteiger partial charge in [0.05, 0.1) is 0 Å². The summed E-state index contributed by atoms with van der Waals surface area (Å²) in [4.78, 5) is 17.3. The maximum absolute atomic E-state index is 12.7. The van der Waals surface area contributed by atoms with Gasteiger partial charge >= 0.3 is 0 Å². The Morgan fingerprint density at radius 2 is 1.65 bits per heavy atom. The fourth-order valence-corrected chi connectivity index (χ4v) is 4.39. The van der Waals surface area contributed by atoms with E-state index in [0.717, 1.165) is 32.5 Å². The van der Waals surface area contributed by atoms with Gasteiger partial charge in [-0.3, -0.25) is 4.79 Å². The number of hydrogen-bond acceptors (Lipinski definition) is 4. The van der Waals surface area contributed by atoms with E-state index in [-0.39, 0.29) is 18.4 Å². The Kier molecular flexibility index (Phi) is 6.31. The van der Waals surface area contributed by atoms with Gasteiger partial charge in [0.15, 0.2) is 0 Å². The molecule has 3 rings (SSSR count). The molecule has 2 atom stereocenters. The third-order valence-corrected chi connectivity index (χ3v) is 5.88. The Balaban J connectivity index is 1.55. The fraction of sp³-hybridized carbons (Fsp3) is 0.944. The molecule has 3 heterocycles. The third kappa shape index (κ3) is 4.46. The Morgan fingerprint density at radius 1 is 1.00 bits per heavy atom. The molecule has 23 heavy (non-hydrogen) atoms. The average molecular weight is 324 g/mol. The molecule has 0 aromatic heterocycles. The second-order valence-electron chi connectivity index (χ2n) is 7.55. The van der Waals surface area contributed by atoms with Gasteiger partial charge in [-0.25, -0.2) is 0 Å². The third-order valence-electron chi connectivity index (χ3n) is 5.88. The molecule has 0 radical (unpaired) electrons. The standard InChI is InChI=1S/C18H32N2O3/c21-14-17-13-20(18(22)15-5-9-23-10-6-15)12-16(17)11-19-7-3-1-2-4-8-19/h15-17,21H,1-14H2/t16-,17-/m0/s1. The van der Waals surface area contributed by atoms with Crippen LogP contribution in [0.1, 0.15) is 38.5 Å². The normalized spacial score (nSPS) is 31.3. The summed E-state index contributed by atoms with van der Waals surface area (Å²) in [6.07, 6.45) is 6.99. The van der Waals surface area contributed by atoms with Gasteiger partial charge in [0.2, 0.25) is 5.91 Å². The minimum Gasteiger partial charge on any atom is -0.396 e. The molecule has 0 spiro atoms. The summed E-state index contributed by atoms with van der Waals surface area (Å²) in [5.41, 5.74) is 0. The first-order valence-electron chi connectivity index (χ1n) is 9.47. The molecule has 5 heteroatoms. The summed E-state index contributed by atoms with van der Waals surface area (Å²) < 4.78 is 5.37. The van der Waals surface area contributed by atoms with Crippen molar-refractivity contribution in [1.82, 2.24) is 9.80 Å². The van der Waals surface area contributed by atoms with Crippen molar-refractivity contribution in [2.45, 2.75) is 38.5 Å². The van der Waals surface area contributed by atoms with Gasteiger partial charge in [-0.05, 0) is 44.7 Å². The second-order valence-corrected chi connectivity index (χ2v) is 7.55. The lowest BCUT2D eigenvalue weighted by Crippen LogP contribution is -2.38. The van der Waals surface area contributed by atoms with Crippen LogP contribution in [0.2, 0.25) is 0 Å². The van der Waals surface area contributed by atoms with E-state index < -0.39 is 0 Å². The molecule has 0 bridgehead atoms. The Hall–Kier alpha value is -0.650. The molecule has 3 fully saturated rings. The van der Waals surface area contributed by atoms with E-state index in [1.165, 1.54) is 38.8 Å². The largest absolute Gasteiger partial charge is 0.396 e. The van der Waals surface area contributed by atoms with Crippen LogP contribution in [0.5, 0.6) is 0 Å². The molecule has 1 N–H and O–H groups in total. The molecule has 0 aromatic carbocycles. The highest BCUT2D eigenvalue weighted by Gasteiger charge is 2.38. The van der Waals surface area contributed by atoms with E-state index in [9.17, 15) is 9.90 Å². The first-order chi connectivity index (χ1) is 11.3. The molecule has 3 aliphatic rings. The lowest BCUT2D eigenvalue weighted by atomic mass is 9.96. The van der Waals surface area contributed by atoms with Crippen molar-refractivity contribution in [2.75, 3.05) is 52.5 Å². The topological polar surface area (TPSA) is 53.0 Å². The number of aliphatic hydroxyl groups is 1. The van der Waals surface area contributed by atoms with Crippen LogP contribution < -0.4 is 0 Å². The van der Waals surface area contributed by atoms with Crippen LogP contribution in [0.25, 0.3) is 0 Å². The van der Waals surface area contributed by atoms with Crippen molar-refractivity contribution >= 4 is 5.91 Å². The zero-order valence-corrected chi connectivity index (χ0v) is 14.3. The van der Waals surface area contributed by atoms with E-state index in [2.05, 4.69) is 4.90 Å². The smallest absolute Gasteiger partial charge is 0.225 e. The Labute approximate surface area is 140 Å². The molecule has 132 valence electrons. The van der Waals surface area contributed by atoms with Crippen LogP contribution in [0.4, 0.5) is 0 Å². The van der Waals surface area contributed by atoms with Crippen LogP contribution in [-0.4, -0.2) is 73.4 Å². The number of ether oxygens (including phenoxy) is 1. The van der Waals surface area contributed by atoms with E-state index in [1.807, 2.05) is 4.90 Å². The van der Waals surface area contributed by atoms with Crippen LogP contribution in [0.3, 0.4) is 0 Å². The Bertz CT molecular complexity index is 376. The number of hydrogen-bond donors (Lipinski definition) is 1. The van der Waals surface area contributed by atoms with Crippen molar-refractivity contribution in [3.8, 4) is 0 Å². The zero-order valence-electron chi connectivity index (χ0n) is 14.3. The SMILES string of the molecule is O=C(C1CCOCC1)N1C[C@@H](CO)[C@@H](CN2CCCCCC2)C1. The van der Waals surface area contributed by atoms with Crippen LogP contribution in [0, 0.1) is 17.8 Å². The zero-order chi connectivity index (χ0) is 16.1. The van der Waals surface area contributed by atoms with Gasteiger partial charge in [0, 0.05) is 51.3 Å². The van der Waals surface area contributed by atoms with E-state index >= 15 is 0 Å². The quantitative estimate of drug-likeness (QED) is 0.848. The predicted molar refractivity (Wildman–Crippen MR) is 89.1 cm³/mol. The highest BCUT2D eigenvalue weighted by molar-refractivity contribution is 5.79. The van der Waals surface area contributed by atoms with Crippen molar-refractivity contribution in [1.29, 1.82) is 0 Å². The highest BCUT2D eigenvalue weighted by atomic mass is 16.5. The van der Waals surface area contributed by atoms with Gasteiger partial charge in [-0.15, -0.1) is 0 Å². The molecule has 1 amide bonds. The first kappa shape index (κ1) is 17.2. The maximum atomic E-state index is 12.7. The summed E-state index contributed by atoms with van der Waals surface area (Å²) >= 11 is 0. The average Bonchev–Trinajstić information content (AvgIpc) is 2.82. The van der Waals surface area contributed by atoms with Crippen molar-refractivity contribution in [3.63, 3.8) is 0 Å². The summed E-state index contributed by atoms with van der Waals surface area (Å²) in [6, 6.07) is 0. The molecule has 5 nitrogen and oxygen atoms in total. The highest BCUT2D eigenvalue weighted by Crippen LogP contribution is 2.28. The number of rotatable bonds is 4. The van der Waals surface area contributed by atoms with Gasteiger partial charge in [0.25, 0.3) is 0 Å². The van der Waals surface area contributed by atoms with Crippen molar-refractivity contribution in [2.24, 2.45) is 17.8 Å². The summed E-state index contributed by atoms with van der Waals surface area (Å²) in [7, 11) is 0. The first-order valence-corrected chi connectivity index (χ1v) is 9.47. The number of nitrogens with zero attached hydrogens (tertiary/aromatic N) is 2. The molecule has 0 saturated carbocycles. The molecule has 3 aliphatic heterocycles. The van der Waals surface area contributed by atoms with E-state index in [1.54, 1.807) is 0 Å². The lowest BCUT2D eigenvalue weighted by Gasteiger charge is -2.27. The van der Waals surface area contributed by atoms with E-state index in [0.29, 0.717) is 25.0 Å². The van der Waals surface area contributed by atoms with E-state index in [4.69, 9.17) is 4.74 Å². The molecule has 0 aromatic rings. The number of amides is 1. The minimum atomic E-state index is 0.139. The molecule has 0 unspecified atom stereocenters. The summed E-state index contributed by atoms with van der Waals surface area (Å²) in [6.45, 7) is 6.61. The van der Waals surface area contributed by atoms with Crippen LogP contribution >= 0.6 is 0 Å². The number of carbonyl (C=O) groups is 1. The van der Waals surface area contributed by atoms with Gasteiger partial charge in [0.1, 0.15) is 0 Å². The molecular formula is C18H32N2O3. The van der Waals surface area contributed by atoms with Crippen molar-refractivity contribution < 1.29 is 14.6 Å². The van der Waals surface area contributed by atoms with Gasteiger partial charge in [-0.2, -0.15) is 0 Å². The van der Waals surface area contributed by atoms with Gasteiger partial charge < -0.3 is 19.6 Å². The van der Waals surface area contributed by atoms with Crippen molar-refractivity contribution in [3.05, 3.63) is 0 Å². The van der Waals surface area contributed by atoms with Crippen LogP contribution in [-0.2, 0) is 9.53 Å². The summed E-state index contributed by atoms with van der Waals surface area (Å²) in [5, 5.41) is 9.75. The number of aliphatic hydroxyl groups excluding tert-OH is 1. The predicted octanol–water partition coefficient (Wildman–Crippen LogP) is 1.36. The molecular weight excluding hydrogens is 292 g/mol. The summed E-state index contributed by atoms with van der Waals surface area (Å²) in [5.74, 6) is 1.12. The number of carbonyl (C=O) groups excluding carboxylic acids is 1. The van der Waals surface area contributed by atoms with Crippen LogP contribution in [0.15, 0.2) is 0 Å². The Morgan fingerprint density at radius 3 is 2.30 bits per heavy atom. The minimum absolute atomic E-state index is 0.139. The monoisotopic (exact) mass is 324 g/mol.